The average Bonchev–Trinajstić information content (AvgIpc) is 2.48. The molecule has 0 radical (unpaired) electrons. The third kappa shape index (κ3) is 2.01. The van der Waals surface area contributed by atoms with E-state index >= 15 is 0 Å². The summed E-state index contributed by atoms with van der Waals surface area (Å²) in [7, 11) is 0. The van der Waals surface area contributed by atoms with Gasteiger partial charge in [-0.05, 0) is 19.1 Å². The van der Waals surface area contributed by atoms with Crippen LogP contribution in [0.25, 0.3) is 22.0 Å². The molecule has 0 aliphatic heterocycles. The summed E-state index contributed by atoms with van der Waals surface area (Å²) in [4.78, 5) is 11.1. The van der Waals surface area contributed by atoms with Crippen LogP contribution in [0.4, 0.5) is 0 Å². The molecule has 2 aromatic carbocycles. The maximum absolute atomic E-state index is 11.1. The SMILES string of the molecule is Cc1nnc(-c2ccc(C(N)=O)cc2)c2ccccc12. The van der Waals surface area contributed by atoms with Crippen LogP contribution in [0.15, 0.2) is 48.5 Å². The van der Waals surface area contributed by atoms with Gasteiger partial charge in [-0.15, -0.1) is 5.10 Å². The molecule has 3 aromatic rings. The molecule has 0 bridgehead atoms. The molecular formula is C16H13N3O. The Morgan fingerprint density at radius 1 is 0.950 bits per heavy atom. The van der Waals surface area contributed by atoms with E-state index in [1.807, 2.05) is 43.3 Å². The molecule has 0 atom stereocenters. The molecule has 4 nitrogen and oxygen atoms in total. The second-order valence-electron chi connectivity index (χ2n) is 4.62. The summed E-state index contributed by atoms with van der Waals surface area (Å²) < 4.78 is 0. The first kappa shape index (κ1) is 12.3. The van der Waals surface area contributed by atoms with Crippen molar-refractivity contribution in [2.75, 3.05) is 0 Å². The van der Waals surface area contributed by atoms with Crippen molar-refractivity contribution in [2.24, 2.45) is 5.73 Å². The first-order valence-electron chi connectivity index (χ1n) is 6.29. The molecule has 1 aromatic heterocycles. The van der Waals surface area contributed by atoms with Gasteiger partial charge in [-0.1, -0.05) is 36.4 Å². The Balaban J connectivity index is 2.19. The number of primary amides is 1. The highest BCUT2D eigenvalue weighted by Gasteiger charge is 2.09. The van der Waals surface area contributed by atoms with E-state index in [0.717, 1.165) is 27.7 Å². The van der Waals surface area contributed by atoms with Gasteiger partial charge < -0.3 is 5.73 Å². The Kier molecular flexibility index (Phi) is 2.91. The van der Waals surface area contributed by atoms with Crippen LogP contribution in [0.1, 0.15) is 16.1 Å². The van der Waals surface area contributed by atoms with Crippen LogP contribution >= 0.6 is 0 Å². The quantitative estimate of drug-likeness (QED) is 0.772. The molecule has 0 aliphatic carbocycles. The lowest BCUT2D eigenvalue weighted by atomic mass is 10.0. The molecule has 1 amide bonds. The first-order valence-corrected chi connectivity index (χ1v) is 6.29. The van der Waals surface area contributed by atoms with Gasteiger partial charge in [-0.25, -0.2) is 0 Å². The molecule has 3 rings (SSSR count). The predicted octanol–water partition coefficient (Wildman–Crippen LogP) is 2.70. The molecule has 0 unspecified atom stereocenters. The topological polar surface area (TPSA) is 68.9 Å². The fourth-order valence-electron chi connectivity index (χ4n) is 2.24. The molecule has 4 heteroatoms. The van der Waals surface area contributed by atoms with Gasteiger partial charge in [0.15, 0.2) is 0 Å². The molecule has 0 saturated carbocycles. The summed E-state index contributed by atoms with van der Waals surface area (Å²) in [5, 5.41) is 10.6. The van der Waals surface area contributed by atoms with E-state index in [0.29, 0.717) is 5.56 Å². The molecule has 0 spiro atoms. The fraction of sp³-hybridized carbons (Fsp3) is 0.0625. The lowest BCUT2D eigenvalue weighted by molar-refractivity contribution is 0.100. The Labute approximate surface area is 116 Å². The summed E-state index contributed by atoms with van der Waals surface area (Å²) in [5.74, 6) is -0.434. The number of hydrogen-bond acceptors (Lipinski definition) is 3. The number of benzene rings is 2. The van der Waals surface area contributed by atoms with Crippen molar-refractivity contribution >= 4 is 16.7 Å². The van der Waals surface area contributed by atoms with Crippen LogP contribution in [0.3, 0.4) is 0 Å². The van der Waals surface area contributed by atoms with E-state index in [4.69, 9.17) is 5.73 Å². The number of rotatable bonds is 2. The van der Waals surface area contributed by atoms with E-state index in [1.165, 1.54) is 0 Å². The van der Waals surface area contributed by atoms with E-state index in [1.54, 1.807) is 12.1 Å². The van der Waals surface area contributed by atoms with E-state index < -0.39 is 5.91 Å². The number of carbonyl (C=O) groups excluding carboxylic acids is 1. The highest BCUT2D eigenvalue weighted by atomic mass is 16.1. The van der Waals surface area contributed by atoms with Gasteiger partial charge in [0.25, 0.3) is 0 Å². The van der Waals surface area contributed by atoms with Gasteiger partial charge in [0.1, 0.15) is 5.69 Å². The third-order valence-electron chi connectivity index (χ3n) is 3.31. The molecule has 98 valence electrons. The maximum atomic E-state index is 11.1. The molecule has 0 fully saturated rings. The minimum atomic E-state index is -0.434. The number of hydrogen-bond donors (Lipinski definition) is 1. The van der Waals surface area contributed by atoms with Crippen LogP contribution in [0.5, 0.6) is 0 Å². The van der Waals surface area contributed by atoms with Crippen LogP contribution in [0.2, 0.25) is 0 Å². The number of amides is 1. The van der Waals surface area contributed by atoms with E-state index in [2.05, 4.69) is 10.2 Å². The van der Waals surface area contributed by atoms with E-state index in [9.17, 15) is 4.79 Å². The van der Waals surface area contributed by atoms with Gasteiger partial charge in [0.2, 0.25) is 5.91 Å². The zero-order chi connectivity index (χ0) is 14.1. The number of fused-ring (bicyclic) bond motifs is 1. The summed E-state index contributed by atoms with van der Waals surface area (Å²) in [6, 6.07) is 15.1. The molecule has 0 aliphatic rings. The van der Waals surface area contributed by atoms with Crippen molar-refractivity contribution in [3.05, 3.63) is 59.8 Å². The largest absolute Gasteiger partial charge is 0.366 e. The van der Waals surface area contributed by atoms with Crippen molar-refractivity contribution < 1.29 is 4.79 Å². The Bertz CT molecular complexity index is 794. The third-order valence-corrected chi connectivity index (χ3v) is 3.31. The average molecular weight is 263 g/mol. The predicted molar refractivity (Wildman–Crippen MR) is 78.2 cm³/mol. The fourth-order valence-corrected chi connectivity index (χ4v) is 2.24. The standard InChI is InChI=1S/C16H13N3O/c1-10-13-4-2-3-5-14(13)15(19-18-10)11-6-8-12(9-7-11)16(17)20/h2-9H,1H3,(H2,17,20). The van der Waals surface area contributed by atoms with Gasteiger partial charge in [0.05, 0.1) is 5.69 Å². The van der Waals surface area contributed by atoms with Crippen molar-refractivity contribution in [3.63, 3.8) is 0 Å². The minimum absolute atomic E-state index is 0.434. The normalized spacial score (nSPS) is 10.7. The number of nitrogens with zero attached hydrogens (tertiary/aromatic N) is 2. The van der Waals surface area contributed by atoms with Gasteiger partial charge >= 0.3 is 0 Å². The second-order valence-corrected chi connectivity index (χ2v) is 4.62. The number of aryl methyl sites for hydroxylation is 1. The van der Waals surface area contributed by atoms with Crippen LogP contribution in [-0.2, 0) is 0 Å². The summed E-state index contributed by atoms with van der Waals surface area (Å²) >= 11 is 0. The Morgan fingerprint density at radius 3 is 2.25 bits per heavy atom. The lowest BCUT2D eigenvalue weighted by Crippen LogP contribution is -2.10. The molecule has 20 heavy (non-hydrogen) atoms. The Hall–Kier alpha value is -2.75. The molecule has 0 saturated heterocycles. The van der Waals surface area contributed by atoms with Crippen molar-refractivity contribution in [1.29, 1.82) is 0 Å². The van der Waals surface area contributed by atoms with Gasteiger partial charge in [-0.3, -0.25) is 4.79 Å². The number of nitrogens with two attached hydrogens (primary N) is 1. The van der Waals surface area contributed by atoms with Gasteiger partial charge in [0, 0.05) is 21.9 Å². The second kappa shape index (κ2) is 4.74. The van der Waals surface area contributed by atoms with Crippen molar-refractivity contribution in [1.82, 2.24) is 10.2 Å². The first-order chi connectivity index (χ1) is 9.66. The Morgan fingerprint density at radius 2 is 1.60 bits per heavy atom. The number of aromatic nitrogens is 2. The van der Waals surface area contributed by atoms with E-state index in [-0.39, 0.29) is 0 Å². The molecular weight excluding hydrogens is 250 g/mol. The molecule has 2 N–H and O–H groups in total. The lowest BCUT2D eigenvalue weighted by Gasteiger charge is -2.07. The maximum Gasteiger partial charge on any atom is 0.248 e. The number of carbonyl (C=O) groups is 1. The highest BCUT2D eigenvalue weighted by molar-refractivity contribution is 5.97. The zero-order valence-corrected chi connectivity index (χ0v) is 11.0. The summed E-state index contributed by atoms with van der Waals surface area (Å²) in [5.41, 5.74) is 8.35. The summed E-state index contributed by atoms with van der Waals surface area (Å²) in [6.45, 7) is 1.94. The monoisotopic (exact) mass is 263 g/mol. The van der Waals surface area contributed by atoms with Crippen molar-refractivity contribution in [2.45, 2.75) is 6.92 Å². The minimum Gasteiger partial charge on any atom is -0.366 e. The van der Waals surface area contributed by atoms with Crippen LogP contribution in [-0.4, -0.2) is 16.1 Å². The van der Waals surface area contributed by atoms with Gasteiger partial charge in [-0.2, -0.15) is 5.10 Å². The smallest absolute Gasteiger partial charge is 0.248 e. The van der Waals surface area contributed by atoms with Crippen LogP contribution < -0.4 is 5.73 Å². The molecule has 1 heterocycles. The summed E-state index contributed by atoms with van der Waals surface area (Å²) in [6.07, 6.45) is 0. The highest BCUT2D eigenvalue weighted by Crippen LogP contribution is 2.27. The van der Waals surface area contributed by atoms with Crippen LogP contribution in [0, 0.1) is 6.92 Å². The zero-order valence-electron chi connectivity index (χ0n) is 11.0. The van der Waals surface area contributed by atoms with Crippen molar-refractivity contribution in [3.8, 4) is 11.3 Å².